The SMILES string of the molecule is CS(=O)(=O)Cc1cccc(C(=O)Nc2ccc(C(F)(F)F)cc2)c1. The van der Waals surface area contributed by atoms with Crippen LogP contribution in [0.15, 0.2) is 48.5 Å². The minimum Gasteiger partial charge on any atom is -0.322 e. The normalized spacial score (nSPS) is 12.0. The van der Waals surface area contributed by atoms with Crippen molar-refractivity contribution < 1.29 is 26.4 Å². The van der Waals surface area contributed by atoms with Gasteiger partial charge in [-0.25, -0.2) is 8.42 Å². The van der Waals surface area contributed by atoms with Crippen molar-refractivity contribution in [2.24, 2.45) is 0 Å². The van der Waals surface area contributed by atoms with E-state index >= 15 is 0 Å². The lowest BCUT2D eigenvalue weighted by atomic mass is 10.1. The van der Waals surface area contributed by atoms with Gasteiger partial charge in [0.05, 0.1) is 11.3 Å². The third-order valence-corrected chi connectivity index (χ3v) is 3.95. The van der Waals surface area contributed by atoms with Gasteiger partial charge in [-0.2, -0.15) is 13.2 Å². The van der Waals surface area contributed by atoms with E-state index in [4.69, 9.17) is 0 Å². The van der Waals surface area contributed by atoms with Crippen LogP contribution in [0.1, 0.15) is 21.5 Å². The van der Waals surface area contributed by atoms with Crippen LogP contribution in [-0.4, -0.2) is 20.6 Å². The van der Waals surface area contributed by atoms with Crippen molar-refractivity contribution in [1.29, 1.82) is 0 Å². The molecule has 0 saturated carbocycles. The Kier molecular flexibility index (Phi) is 4.98. The van der Waals surface area contributed by atoms with E-state index in [1.54, 1.807) is 12.1 Å². The molecule has 1 N–H and O–H groups in total. The van der Waals surface area contributed by atoms with Gasteiger partial charge in [-0.3, -0.25) is 4.79 Å². The molecule has 0 spiro atoms. The molecule has 0 saturated heterocycles. The molecule has 24 heavy (non-hydrogen) atoms. The second-order valence-electron chi connectivity index (χ2n) is 5.30. The average Bonchev–Trinajstić information content (AvgIpc) is 2.45. The van der Waals surface area contributed by atoms with E-state index in [0.717, 1.165) is 30.5 Å². The number of anilines is 1. The first-order chi connectivity index (χ1) is 11.0. The number of carbonyl (C=O) groups is 1. The third kappa shape index (κ3) is 5.09. The fourth-order valence-electron chi connectivity index (χ4n) is 2.05. The number of nitrogens with one attached hydrogen (secondary N) is 1. The Morgan fingerprint density at radius 1 is 1.08 bits per heavy atom. The van der Waals surface area contributed by atoms with Gasteiger partial charge in [-0.05, 0) is 42.0 Å². The maximum absolute atomic E-state index is 12.5. The topological polar surface area (TPSA) is 63.2 Å². The molecule has 0 aliphatic heterocycles. The second-order valence-corrected chi connectivity index (χ2v) is 7.44. The van der Waals surface area contributed by atoms with E-state index < -0.39 is 27.5 Å². The van der Waals surface area contributed by atoms with Crippen LogP contribution in [0, 0.1) is 0 Å². The maximum atomic E-state index is 12.5. The van der Waals surface area contributed by atoms with Gasteiger partial charge in [0.25, 0.3) is 5.91 Å². The first kappa shape index (κ1) is 18.0. The van der Waals surface area contributed by atoms with Gasteiger partial charge in [0.15, 0.2) is 9.84 Å². The molecule has 0 atom stereocenters. The highest BCUT2D eigenvalue weighted by Crippen LogP contribution is 2.29. The Bertz CT molecular complexity index is 844. The number of hydrogen-bond acceptors (Lipinski definition) is 3. The summed E-state index contributed by atoms with van der Waals surface area (Å²) < 4.78 is 60.1. The Morgan fingerprint density at radius 3 is 2.25 bits per heavy atom. The van der Waals surface area contributed by atoms with Crippen LogP contribution in [0.25, 0.3) is 0 Å². The highest BCUT2D eigenvalue weighted by molar-refractivity contribution is 7.89. The number of rotatable bonds is 4. The molecular weight excluding hydrogens is 343 g/mol. The molecule has 0 aliphatic rings. The molecule has 2 aromatic rings. The van der Waals surface area contributed by atoms with Crippen molar-refractivity contribution in [3.8, 4) is 0 Å². The Labute approximate surface area is 137 Å². The van der Waals surface area contributed by atoms with Gasteiger partial charge in [0.2, 0.25) is 0 Å². The highest BCUT2D eigenvalue weighted by Gasteiger charge is 2.30. The number of amides is 1. The summed E-state index contributed by atoms with van der Waals surface area (Å²) in [6.07, 6.45) is -3.36. The fourth-order valence-corrected chi connectivity index (χ4v) is 2.84. The molecule has 0 unspecified atom stereocenters. The van der Waals surface area contributed by atoms with E-state index in [2.05, 4.69) is 5.32 Å². The summed E-state index contributed by atoms with van der Waals surface area (Å²) >= 11 is 0. The molecule has 0 fully saturated rings. The number of sulfone groups is 1. The summed E-state index contributed by atoms with van der Waals surface area (Å²) in [7, 11) is -3.24. The third-order valence-electron chi connectivity index (χ3n) is 3.09. The minimum absolute atomic E-state index is 0.200. The van der Waals surface area contributed by atoms with E-state index in [9.17, 15) is 26.4 Å². The standard InChI is InChI=1S/C16H14F3NO3S/c1-24(22,23)10-11-3-2-4-12(9-11)15(21)20-14-7-5-13(6-8-14)16(17,18)19/h2-9H,10H2,1H3,(H,20,21). The van der Waals surface area contributed by atoms with E-state index in [1.807, 2.05) is 0 Å². The van der Waals surface area contributed by atoms with E-state index in [0.29, 0.717) is 5.56 Å². The van der Waals surface area contributed by atoms with Crippen molar-refractivity contribution in [3.63, 3.8) is 0 Å². The van der Waals surface area contributed by atoms with Gasteiger partial charge in [0, 0.05) is 17.5 Å². The number of benzene rings is 2. The minimum atomic E-state index is -4.44. The van der Waals surface area contributed by atoms with Crippen LogP contribution in [0.2, 0.25) is 0 Å². The summed E-state index contributed by atoms with van der Waals surface area (Å²) in [6.45, 7) is 0. The zero-order chi connectivity index (χ0) is 18.0. The predicted octanol–water partition coefficient (Wildman–Crippen LogP) is 3.50. The van der Waals surface area contributed by atoms with Crippen molar-refractivity contribution >= 4 is 21.4 Å². The van der Waals surface area contributed by atoms with Gasteiger partial charge < -0.3 is 5.32 Å². The van der Waals surface area contributed by atoms with Crippen molar-refractivity contribution in [3.05, 3.63) is 65.2 Å². The molecule has 4 nitrogen and oxygen atoms in total. The second kappa shape index (κ2) is 6.64. The van der Waals surface area contributed by atoms with E-state index in [-0.39, 0.29) is 17.0 Å². The zero-order valence-corrected chi connectivity index (χ0v) is 13.4. The van der Waals surface area contributed by atoms with Crippen LogP contribution in [0.5, 0.6) is 0 Å². The molecule has 0 aromatic heterocycles. The molecule has 128 valence electrons. The number of carbonyl (C=O) groups excluding carboxylic acids is 1. The lowest BCUT2D eigenvalue weighted by molar-refractivity contribution is -0.137. The van der Waals surface area contributed by atoms with Crippen LogP contribution < -0.4 is 5.32 Å². The molecule has 8 heteroatoms. The van der Waals surface area contributed by atoms with Crippen LogP contribution in [0.4, 0.5) is 18.9 Å². The summed E-state index contributed by atoms with van der Waals surface area (Å²) in [5, 5.41) is 2.47. The first-order valence-electron chi connectivity index (χ1n) is 6.80. The molecule has 2 rings (SSSR count). The van der Waals surface area contributed by atoms with E-state index in [1.165, 1.54) is 12.1 Å². The maximum Gasteiger partial charge on any atom is 0.416 e. The number of alkyl halides is 3. The monoisotopic (exact) mass is 357 g/mol. The Morgan fingerprint density at radius 2 is 1.71 bits per heavy atom. The quantitative estimate of drug-likeness (QED) is 0.911. The lowest BCUT2D eigenvalue weighted by Crippen LogP contribution is -2.13. The molecular formula is C16H14F3NO3S. The predicted molar refractivity (Wildman–Crippen MR) is 84.4 cm³/mol. The summed E-state index contributed by atoms with van der Waals surface area (Å²) in [5.41, 5.74) is 0.0748. The van der Waals surface area contributed by atoms with Crippen LogP contribution in [-0.2, 0) is 21.8 Å². The van der Waals surface area contributed by atoms with Crippen LogP contribution >= 0.6 is 0 Å². The number of hydrogen-bond donors (Lipinski definition) is 1. The number of halogens is 3. The Balaban J connectivity index is 2.14. The zero-order valence-electron chi connectivity index (χ0n) is 12.6. The van der Waals surface area contributed by atoms with Crippen molar-refractivity contribution in [2.75, 3.05) is 11.6 Å². The molecule has 0 aliphatic carbocycles. The van der Waals surface area contributed by atoms with Gasteiger partial charge in [-0.15, -0.1) is 0 Å². The highest BCUT2D eigenvalue weighted by atomic mass is 32.2. The summed E-state index contributed by atoms with van der Waals surface area (Å²) in [4.78, 5) is 12.1. The molecule has 2 aromatic carbocycles. The lowest BCUT2D eigenvalue weighted by Gasteiger charge is -2.09. The first-order valence-corrected chi connectivity index (χ1v) is 8.86. The summed E-state index contributed by atoms with van der Waals surface area (Å²) in [6, 6.07) is 10.1. The van der Waals surface area contributed by atoms with Crippen LogP contribution in [0.3, 0.4) is 0 Å². The van der Waals surface area contributed by atoms with Crippen molar-refractivity contribution in [1.82, 2.24) is 0 Å². The Hall–Kier alpha value is -2.35. The molecule has 0 radical (unpaired) electrons. The summed E-state index contributed by atoms with van der Waals surface area (Å²) in [5.74, 6) is -0.737. The van der Waals surface area contributed by atoms with Gasteiger partial charge >= 0.3 is 6.18 Å². The smallest absolute Gasteiger partial charge is 0.322 e. The molecule has 0 bridgehead atoms. The molecule has 1 amide bonds. The van der Waals surface area contributed by atoms with Gasteiger partial charge in [0.1, 0.15) is 0 Å². The fraction of sp³-hybridized carbons (Fsp3) is 0.188. The average molecular weight is 357 g/mol. The largest absolute Gasteiger partial charge is 0.416 e. The van der Waals surface area contributed by atoms with Crippen molar-refractivity contribution in [2.45, 2.75) is 11.9 Å². The van der Waals surface area contributed by atoms with Gasteiger partial charge in [-0.1, -0.05) is 12.1 Å². The molecule has 0 heterocycles.